The average molecular weight is 284 g/mol. The SMILES string of the molecule is CNCC1CCN(C(=O)c2cc(Cl)cn2C(C)C)C1. The molecular formula is C14H22ClN3O. The second-order valence-corrected chi connectivity index (χ2v) is 5.94. The van der Waals surface area contributed by atoms with Crippen molar-refractivity contribution in [2.45, 2.75) is 26.3 Å². The van der Waals surface area contributed by atoms with E-state index >= 15 is 0 Å². The number of aromatic nitrogens is 1. The first-order valence-electron chi connectivity index (χ1n) is 6.84. The lowest BCUT2D eigenvalue weighted by molar-refractivity contribution is 0.0775. The van der Waals surface area contributed by atoms with Gasteiger partial charge in [0.25, 0.3) is 5.91 Å². The summed E-state index contributed by atoms with van der Waals surface area (Å²) in [5, 5.41) is 3.81. The molecule has 0 aliphatic carbocycles. The molecule has 1 aliphatic rings. The number of nitrogens with one attached hydrogen (secondary N) is 1. The topological polar surface area (TPSA) is 37.3 Å². The minimum Gasteiger partial charge on any atom is -0.339 e. The van der Waals surface area contributed by atoms with Crippen LogP contribution in [0, 0.1) is 5.92 Å². The summed E-state index contributed by atoms with van der Waals surface area (Å²) in [5.74, 6) is 0.658. The van der Waals surface area contributed by atoms with Crippen LogP contribution in [0.25, 0.3) is 0 Å². The molecule has 19 heavy (non-hydrogen) atoms. The van der Waals surface area contributed by atoms with Gasteiger partial charge in [0.15, 0.2) is 0 Å². The Morgan fingerprint density at radius 1 is 1.58 bits per heavy atom. The van der Waals surface area contributed by atoms with Crippen molar-refractivity contribution in [3.05, 3.63) is 23.0 Å². The van der Waals surface area contributed by atoms with E-state index < -0.39 is 0 Å². The van der Waals surface area contributed by atoms with E-state index in [2.05, 4.69) is 19.2 Å². The van der Waals surface area contributed by atoms with Crippen molar-refractivity contribution < 1.29 is 4.79 Å². The summed E-state index contributed by atoms with van der Waals surface area (Å²) in [4.78, 5) is 14.5. The number of hydrogen-bond donors (Lipinski definition) is 1. The third-order valence-corrected chi connectivity index (χ3v) is 3.86. The minimum absolute atomic E-state index is 0.0965. The summed E-state index contributed by atoms with van der Waals surface area (Å²) in [6.07, 6.45) is 2.91. The van der Waals surface area contributed by atoms with Crippen LogP contribution in [-0.2, 0) is 0 Å². The Labute approximate surface area is 119 Å². The van der Waals surface area contributed by atoms with E-state index in [-0.39, 0.29) is 11.9 Å². The van der Waals surface area contributed by atoms with E-state index in [9.17, 15) is 4.79 Å². The monoisotopic (exact) mass is 283 g/mol. The number of halogens is 1. The standard InChI is InChI=1S/C14H22ClN3O/c1-10(2)18-9-12(15)6-13(18)14(19)17-5-4-11(8-17)7-16-3/h6,9-11,16H,4-5,7-8H2,1-3H3. The van der Waals surface area contributed by atoms with Crippen molar-refractivity contribution in [2.24, 2.45) is 5.92 Å². The lowest BCUT2D eigenvalue weighted by Gasteiger charge is -2.19. The summed E-state index contributed by atoms with van der Waals surface area (Å²) >= 11 is 6.04. The second kappa shape index (κ2) is 5.97. The molecule has 0 radical (unpaired) electrons. The Hall–Kier alpha value is -1.00. The van der Waals surface area contributed by atoms with Crippen LogP contribution in [-0.4, -0.2) is 42.1 Å². The van der Waals surface area contributed by atoms with Crippen LogP contribution in [0.4, 0.5) is 0 Å². The normalized spacial score (nSPS) is 19.4. The summed E-state index contributed by atoms with van der Waals surface area (Å²) in [5.41, 5.74) is 0.699. The maximum absolute atomic E-state index is 12.6. The van der Waals surface area contributed by atoms with Gasteiger partial charge in [0.05, 0.1) is 5.02 Å². The third-order valence-electron chi connectivity index (χ3n) is 3.66. The molecule has 2 heterocycles. The van der Waals surface area contributed by atoms with Gasteiger partial charge in [0, 0.05) is 25.3 Å². The molecule has 1 aromatic heterocycles. The maximum atomic E-state index is 12.6. The Kier molecular flexibility index (Phi) is 4.53. The Bertz CT molecular complexity index is 456. The predicted octanol–water partition coefficient (Wildman–Crippen LogP) is 2.40. The van der Waals surface area contributed by atoms with Crippen LogP contribution in [0.2, 0.25) is 5.02 Å². The molecule has 106 valence electrons. The fourth-order valence-corrected chi connectivity index (χ4v) is 2.89. The van der Waals surface area contributed by atoms with Crippen molar-refractivity contribution in [1.29, 1.82) is 0 Å². The van der Waals surface area contributed by atoms with Crippen LogP contribution in [0.1, 0.15) is 36.8 Å². The molecule has 1 aliphatic heterocycles. The smallest absolute Gasteiger partial charge is 0.270 e. The molecular weight excluding hydrogens is 262 g/mol. The van der Waals surface area contributed by atoms with Gasteiger partial charge in [-0.05, 0) is 45.8 Å². The van der Waals surface area contributed by atoms with E-state index in [1.54, 1.807) is 6.07 Å². The fraction of sp³-hybridized carbons (Fsp3) is 0.643. The van der Waals surface area contributed by atoms with Crippen LogP contribution >= 0.6 is 11.6 Å². The Balaban J connectivity index is 2.12. The molecule has 1 atom stereocenters. The van der Waals surface area contributed by atoms with Crippen LogP contribution < -0.4 is 5.32 Å². The fourth-order valence-electron chi connectivity index (χ4n) is 2.68. The van der Waals surface area contributed by atoms with Gasteiger partial charge in [-0.3, -0.25) is 4.79 Å². The molecule has 1 fully saturated rings. The Morgan fingerprint density at radius 2 is 2.32 bits per heavy atom. The zero-order valence-corrected chi connectivity index (χ0v) is 12.6. The van der Waals surface area contributed by atoms with Crippen LogP contribution in [0.3, 0.4) is 0 Å². The zero-order valence-electron chi connectivity index (χ0n) is 11.8. The first-order valence-corrected chi connectivity index (χ1v) is 7.22. The highest BCUT2D eigenvalue weighted by molar-refractivity contribution is 6.31. The summed E-state index contributed by atoms with van der Waals surface area (Å²) in [7, 11) is 1.95. The number of carbonyl (C=O) groups is 1. The lowest BCUT2D eigenvalue weighted by Crippen LogP contribution is -2.32. The van der Waals surface area contributed by atoms with Gasteiger partial charge < -0.3 is 14.8 Å². The summed E-state index contributed by atoms with van der Waals surface area (Å²) in [6.45, 7) is 6.75. The van der Waals surface area contributed by atoms with Crippen molar-refractivity contribution >= 4 is 17.5 Å². The van der Waals surface area contributed by atoms with E-state index in [1.807, 2.05) is 22.7 Å². The second-order valence-electron chi connectivity index (χ2n) is 5.51. The van der Waals surface area contributed by atoms with Gasteiger partial charge in [-0.2, -0.15) is 0 Å². The average Bonchev–Trinajstić information content (AvgIpc) is 2.95. The van der Waals surface area contributed by atoms with E-state index in [0.717, 1.165) is 26.1 Å². The molecule has 0 bridgehead atoms. The molecule has 1 N–H and O–H groups in total. The van der Waals surface area contributed by atoms with Gasteiger partial charge in [0.1, 0.15) is 5.69 Å². The van der Waals surface area contributed by atoms with E-state index in [1.165, 1.54) is 0 Å². The van der Waals surface area contributed by atoms with Gasteiger partial charge in [-0.25, -0.2) is 0 Å². The largest absolute Gasteiger partial charge is 0.339 e. The van der Waals surface area contributed by atoms with Crippen LogP contribution in [0.15, 0.2) is 12.3 Å². The van der Waals surface area contributed by atoms with Gasteiger partial charge in [-0.1, -0.05) is 11.6 Å². The third kappa shape index (κ3) is 3.12. The quantitative estimate of drug-likeness (QED) is 0.921. The van der Waals surface area contributed by atoms with Crippen molar-refractivity contribution in [1.82, 2.24) is 14.8 Å². The van der Waals surface area contributed by atoms with Crippen LogP contribution in [0.5, 0.6) is 0 Å². The molecule has 2 rings (SSSR count). The number of amides is 1. The molecule has 1 unspecified atom stereocenters. The number of hydrogen-bond acceptors (Lipinski definition) is 2. The molecule has 1 aromatic rings. The minimum atomic E-state index is 0.0965. The first-order chi connectivity index (χ1) is 9.02. The molecule has 0 saturated carbocycles. The maximum Gasteiger partial charge on any atom is 0.270 e. The molecule has 0 aromatic carbocycles. The van der Waals surface area contributed by atoms with E-state index in [4.69, 9.17) is 11.6 Å². The van der Waals surface area contributed by atoms with Crippen molar-refractivity contribution in [2.75, 3.05) is 26.7 Å². The number of rotatable bonds is 4. The van der Waals surface area contributed by atoms with E-state index in [0.29, 0.717) is 16.6 Å². The van der Waals surface area contributed by atoms with Gasteiger partial charge in [0.2, 0.25) is 0 Å². The van der Waals surface area contributed by atoms with Gasteiger partial charge >= 0.3 is 0 Å². The predicted molar refractivity (Wildman–Crippen MR) is 77.8 cm³/mol. The highest BCUT2D eigenvalue weighted by atomic mass is 35.5. The molecule has 0 spiro atoms. The lowest BCUT2D eigenvalue weighted by atomic mass is 10.1. The molecule has 1 saturated heterocycles. The summed E-state index contributed by atoms with van der Waals surface area (Å²) < 4.78 is 1.95. The number of nitrogens with zero attached hydrogens (tertiary/aromatic N) is 2. The van der Waals surface area contributed by atoms with Crippen molar-refractivity contribution in [3.63, 3.8) is 0 Å². The van der Waals surface area contributed by atoms with Crippen molar-refractivity contribution in [3.8, 4) is 0 Å². The molecule has 4 nitrogen and oxygen atoms in total. The number of likely N-dealkylation sites (tertiary alicyclic amines) is 1. The highest BCUT2D eigenvalue weighted by Gasteiger charge is 2.28. The first kappa shape index (κ1) is 14.4. The Morgan fingerprint density at radius 3 is 2.95 bits per heavy atom. The number of carbonyl (C=O) groups excluding carboxylic acids is 1. The summed E-state index contributed by atoms with van der Waals surface area (Å²) in [6, 6.07) is 2.01. The molecule has 5 heteroatoms. The zero-order chi connectivity index (χ0) is 14.0. The van der Waals surface area contributed by atoms with Gasteiger partial charge in [-0.15, -0.1) is 0 Å². The molecule has 1 amide bonds. The highest BCUT2D eigenvalue weighted by Crippen LogP contribution is 2.23.